The number of nitrogens with one attached hydrogen (secondary N) is 1. The number of hydrogen-bond donors (Lipinski definition) is 1. The normalized spacial score (nSPS) is 11.2. The molecule has 102 valence electrons. The lowest BCUT2D eigenvalue weighted by Gasteiger charge is -2.06. The first-order valence-electron chi connectivity index (χ1n) is 6.27. The summed E-state index contributed by atoms with van der Waals surface area (Å²) in [6.45, 7) is 5.95. The van der Waals surface area contributed by atoms with Gasteiger partial charge in [0, 0.05) is 17.2 Å². The van der Waals surface area contributed by atoms with Crippen molar-refractivity contribution in [3.63, 3.8) is 0 Å². The molecule has 0 saturated heterocycles. The molecule has 2 aromatic rings. The fourth-order valence-corrected chi connectivity index (χ4v) is 2.09. The Kier molecular flexibility index (Phi) is 4.71. The zero-order chi connectivity index (χ0) is 13.8. The van der Waals surface area contributed by atoms with Gasteiger partial charge >= 0.3 is 0 Å². The van der Waals surface area contributed by atoms with Crippen LogP contribution in [0, 0.1) is 11.7 Å². The molecule has 19 heavy (non-hydrogen) atoms. The lowest BCUT2D eigenvalue weighted by Crippen LogP contribution is -2.19. The van der Waals surface area contributed by atoms with Crippen LogP contribution in [0.4, 0.5) is 4.39 Å². The first kappa shape index (κ1) is 14.2. The number of hydrogen-bond acceptors (Lipinski definition) is 2. The maximum atomic E-state index is 13.7. The van der Waals surface area contributed by atoms with Crippen LogP contribution in [0.5, 0.6) is 0 Å². The van der Waals surface area contributed by atoms with Gasteiger partial charge < -0.3 is 5.32 Å². The molecule has 0 radical (unpaired) electrons. The molecule has 0 amide bonds. The van der Waals surface area contributed by atoms with Gasteiger partial charge in [0.1, 0.15) is 11.5 Å². The Balaban J connectivity index is 2.10. The Morgan fingerprint density at radius 3 is 2.89 bits per heavy atom. The summed E-state index contributed by atoms with van der Waals surface area (Å²) in [5.74, 6) is 0.317. The molecule has 0 fully saturated rings. The van der Waals surface area contributed by atoms with E-state index in [-0.39, 0.29) is 5.82 Å². The number of rotatable bonds is 5. The molecule has 0 unspecified atom stereocenters. The molecule has 0 atom stereocenters. The minimum Gasteiger partial charge on any atom is -0.311 e. The highest BCUT2D eigenvalue weighted by Crippen LogP contribution is 2.18. The predicted molar refractivity (Wildman–Crippen MR) is 77.8 cm³/mol. The molecule has 1 N–H and O–H groups in total. The summed E-state index contributed by atoms with van der Waals surface area (Å²) in [7, 11) is 0. The van der Waals surface area contributed by atoms with Crippen molar-refractivity contribution in [1.82, 2.24) is 15.1 Å². The Hall–Kier alpha value is -1.20. The van der Waals surface area contributed by atoms with Crippen LogP contribution in [-0.4, -0.2) is 16.3 Å². The van der Waals surface area contributed by atoms with Gasteiger partial charge in [0.05, 0.1) is 5.69 Å². The summed E-state index contributed by atoms with van der Waals surface area (Å²) < 4.78 is 16.1. The van der Waals surface area contributed by atoms with Gasteiger partial charge in [0.2, 0.25) is 0 Å². The third kappa shape index (κ3) is 3.88. The maximum absolute atomic E-state index is 13.7. The minimum atomic E-state index is -0.284. The number of nitrogens with zero attached hydrogens (tertiary/aromatic N) is 2. The SMILES string of the molecule is CC(C)CNCc1ccn(-c2cc(Br)ccc2F)n1. The van der Waals surface area contributed by atoms with Crippen molar-refractivity contribution >= 4 is 15.9 Å². The van der Waals surface area contributed by atoms with Crippen molar-refractivity contribution in [2.75, 3.05) is 6.54 Å². The van der Waals surface area contributed by atoms with Crippen LogP contribution in [0.15, 0.2) is 34.9 Å². The second-order valence-corrected chi connectivity index (χ2v) is 5.79. The monoisotopic (exact) mass is 325 g/mol. The topological polar surface area (TPSA) is 29.9 Å². The van der Waals surface area contributed by atoms with Crippen LogP contribution in [0.25, 0.3) is 5.69 Å². The van der Waals surface area contributed by atoms with E-state index in [1.165, 1.54) is 6.07 Å². The van der Waals surface area contributed by atoms with Crippen molar-refractivity contribution in [2.45, 2.75) is 20.4 Å². The summed E-state index contributed by atoms with van der Waals surface area (Å²) in [4.78, 5) is 0. The molecule has 2 rings (SSSR count). The summed E-state index contributed by atoms with van der Waals surface area (Å²) in [5.41, 5.74) is 1.35. The van der Waals surface area contributed by atoms with E-state index in [4.69, 9.17) is 0 Å². The maximum Gasteiger partial charge on any atom is 0.148 e. The highest BCUT2D eigenvalue weighted by atomic mass is 79.9. The Bertz CT molecular complexity index is 551. The second-order valence-electron chi connectivity index (χ2n) is 4.87. The molecule has 0 aliphatic carbocycles. The van der Waals surface area contributed by atoms with E-state index in [1.807, 2.05) is 6.07 Å². The molecule has 0 aliphatic heterocycles. The summed E-state index contributed by atoms with van der Waals surface area (Å²) in [6.07, 6.45) is 1.78. The van der Waals surface area contributed by atoms with E-state index >= 15 is 0 Å². The molecule has 0 aliphatic rings. The summed E-state index contributed by atoms with van der Waals surface area (Å²) >= 11 is 3.34. The summed E-state index contributed by atoms with van der Waals surface area (Å²) in [6, 6.07) is 6.71. The fraction of sp³-hybridized carbons (Fsp3) is 0.357. The molecular weight excluding hydrogens is 309 g/mol. The lowest BCUT2D eigenvalue weighted by atomic mass is 10.2. The van der Waals surface area contributed by atoms with Gasteiger partial charge in [-0.15, -0.1) is 0 Å². The average Bonchev–Trinajstić information content (AvgIpc) is 2.80. The number of aromatic nitrogens is 2. The third-order valence-corrected chi connectivity index (χ3v) is 3.15. The van der Waals surface area contributed by atoms with Gasteiger partial charge in [-0.1, -0.05) is 29.8 Å². The first-order chi connectivity index (χ1) is 9.06. The molecule has 3 nitrogen and oxygen atoms in total. The highest BCUT2D eigenvalue weighted by molar-refractivity contribution is 9.10. The van der Waals surface area contributed by atoms with Gasteiger partial charge in [-0.2, -0.15) is 5.10 Å². The average molecular weight is 326 g/mol. The molecule has 1 aromatic carbocycles. The van der Waals surface area contributed by atoms with Crippen molar-refractivity contribution in [1.29, 1.82) is 0 Å². The standard InChI is InChI=1S/C14H17BrFN3/c1-10(2)8-17-9-12-5-6-19(18-12)14-7-11(15)3-4-13(14)16/h3-7,10,17H,8-9H2,1-2H3. The van der Waals surface area contributed by atoms with Gasteiger partial charge in [-0.3, -0.25) is 0 Å². The van der Waals surface area contributed by atoms with Gasteiger partial charge in [0.25, 0.3) is 0 Å². The van der Waals surface area contributed by atoms with E-state index < -0.39 is 0 Å². The van der Waals surface area contributed by atoms with Crippen LogP contribution >= 0.6 is 15.9 Å². The largest absolute Gasteiger partial charge is 0.311 e. The Morgan fingerprint density at radius 1 is 1.37 bits per heavy atom. The smallest absolute Gasteiger partial charge is 0.148 e. The first-order valence-corrected chi connectivity index (χ1v) is 7.06. The number of benzene rings is 1. The molecule has 5 heteroatoms. The Morgan fingerprint density at radius 2 is 2.16 bits per heavy atom. The van der Waals surface area contributed by atoms with Crippen molar-refractivity contribution in [3.05, 3.63) is 46.4 Å². The van der Waals surface area contributed by atoms with Crippen LogP contribution in [0.1, 0.15) is 19.5 Å². The number of halogens is 2. The van der Waals surface area contributed by atoms with Gasteiger partial charge in [0.15, 0.2) is 0 Å². The molecule has 0 saturated carbocycles. The van der Waals surface area contributed by atoms with Crippen LogP contribution in [0.3, 0.4) is 0 Å². The van der Waals surface area contributed by atoms with E-state index in [9.17, 15) is 4.39 Å². The fourth-order valence-electron chi connectivity index (χ4n) is 1.74. The van der Waals surface area contributed by atoms with Gasteiger partial charge in [-0.05, 0) is 36.7 Å². The molecule has 0 bridgehead atoms. The van der Waals surface area contributed by atoms with Crippen molar-refractivity contribution in [2.24, 2.45) is 5.92 Å². The van der Waals surface area contributed by atoms with Crippen LogP contribution in [0.2, 0.25) is 0 Å². The van der Waals surface area contributed by atoms with Gasteiger partial charge in [-0.25, -0.2) is 9.07 Å². The van der Waals surface area contributed by atoms with Crippen LogP contribution < -0.4 is 5.32 Å². The lowest BCUT2D eigenvalue weighted by molar-refractivity contribution is 0.545. The molecular formula is C14H17BrFN3. The van der Waals surface area contributed by atoms with E-state index in [0.717, 1.165) is 16.7 Å². The predicted octanol–water partition coefficient (Wildman–Crippen LogP) is 3.52. The quantitative estimate of drug-likeness (QED) is 0.911. The molecule has 1 heterocycles. The highest BCUT2D eigenvalue weighted by Gasteiger charge is 2.07. The zero-order valence-electron chi connectivity index (χ0n) is 11.0. The van der Waals surface area contributed by atoms with E-state index in [2.05, 4.69) is 40.2 Å². The minimum absolute atomic E-state index is 0.284. The Labute approximate surface area is 121 Å². The molecule has 0 spiro atoms. The van der Waals surface area contributed by atoms with E-state index in [0.29, 0.717) is 18.2 Å². The summed E-state index contributed by atoms with van der Waals surface area (Å²) in [5, 5.41) is 7.69. The van der Waals surface area contributed by atoms with Crippen molar-refractivity contribution < 1.29 is 4.39 Å². The van der Waals surface area contributed by atoms with Crippen molar-refractivity contribution in [3.8, 4) is 5.69 Å². The second kappa shape index (κ2) is 6.30. The van der Waals surface area contributed by atoms with E-state index in [1.54, 1.807) is 23.0 Å². The third-order valence-electron chi connectivity index (χ3n) is 2.66. The molecule has 1 aromatic heterocycles. The zero-order valence-corrected chi connectivity index (χ0v) is 12.6. The van der Waals surface area contributed by atoms with Crippen LogP contribution in [-0.2, 0) is 6.54 Å².